The van der Waals surface area contributed by atoms with Crippen molar-refractivity contribution in [3.8, 4) is 5.75 Å². The Kier molecular flexibility index (Phi) is 5.16. The summed E-state index contributed by atoms with van der Waals surface area (Å²) in [7, 11) is 1.64. The van der Waals surface area contributed by atoms with Crippen molar-refractivity contribution in [1.82, 2.24) is 10.1 Å². The molecule has 0 aliphatic heterocycles. The lowest BCUT2D eigenvalue weighted by atomic mass is 10.1. The van der Waals surface area contributed by atoms with Crippen molar-refractivity contribution in [2.75, 3.05) is 20.2 Å². The van der Waals surface area contributed by atoms with E-state index >= 15 is 0 Å². The number of aliphatic hydroxyl groups excluding tert-OH is 1. The first-order chi connectivity index (χ1) is 10.5. The largest absolute Gasteiger partial charge is 0.488 e. The van der Waals surface area contributed by atoms with Gasteiger partial charge in [-0.2, -0.15) is 0 Å². The van der Waals surface area contributed by atoms with Crippen molar-refractivity contribution in [3.63, 3.8) is 0 Å². The van der Waals surface area contributed by atoms with E-state index in [0.717, 1.165) is 11.3 Å². The maximum absolute atomic E-state index is 12.4. The Balaban J connectivity index is 2.17. The van der Waals surface area contributed by atoms with Crippen molar-refractivity contribution in [3.05, 3.63) is 46.8 Å². The van der Waals surface area contributed by atoms with Gasteiger partial charge in [0.15, 0.2) is 0 Å². The van der Waals surface area contributed by atoms with Crippen LogP contribution in [0.15, 0.2) is 28.8 Å². The molecule has 118 valence electrons. The molecule has 6 nitrogen and oxygen atoms in total. The molecule has 0 bridgehead atoms. The van der Waals surface area contributed by atoms with E-state index < -0.39 is 0 Å². The fourth-order valence-electron chi connectivity index (χ4n) is 2.08. The molecule has 1 aromatic carbocycles. The van der Waals surface area contributed by atoms with Crippen molar-refractivity contribution in [2.45, 2.75) is 20.5 Å². The molecule has 0 unspecified atom stereocenters. The van der Waals surface area contributed by atoms with Crippen molar-refractivity contribution in [1.29, 1.82) is 0 Å². The number of hydrogen-bond acceptors (Lipinski definition) is 5. The van der Waals surface area contributed by atoms with Gasteiger partial charge in [-0.15, -0.1) is 0 Å². The first kappa shape index (κ1) is 16.0. The molecule has 0 fully saturated rings. The number of carbonyl (C=O) groups excluding carboxylic acids is 1. The number of benzene rings is 1. The average Bonchev–Trinajstić information content (AvgIpc) is 2.84. The number of nitrogens with zero attached hydrogens (tertiary/aromatic N) is 2. The Morgan fingerprint density at radius 1 is 1.36 bits per heavy atom. The first-order valence-electron chi connectivity index (χ1n) is 7.04. The molecule has 0 saturated heterocycles. The minimum Gasteiger partial charge on any atom is -0.488 e. The highest BCUT2D eigenvalue weighted by molar-refractivity contribution is 5.96. The quantitative estimate of drug-likeness (QED) is 0.882. The summed E-state index contributed by atoms with van der Waals surface area (Å²) in [6.07, 6.45) is 0. The summed E-state index contributed by atoms with van der Waals surface area (Å²) < 4.78 is 10.9. The SMILES string of the molecule is Cc1noc(C)c1COc1ccccc1C(=O)N(C)CCO. The first-order valence-corrected chi connectivity index (χ1v) is 7.04. The van der Waals surface area contributed by atoms with E-state index in [4.69, 9.17) is 14.4 Å². The zero-order valence-corrected chi connectivity index (χ0v) is 13.0. The summed E-state index contributed by atoms with van der Waals surface area (Å²) in [5, 5.41) is 12.8. The number of aliphatic hydroxyl groups is 1. The van der Waals surface area contributed by atoms with Gasteiger partial charge < -0.3 is 19.3 Å². The molecule has 0 radical (unpaired) electrons. The monoisotopic (exact) mass is 304 g/mol. The van der Waals surface area contributed by atoms with Crippen molar-refractivity contribution < 1.29 is 19.2 Å². The highest BCUT2D eigenvalue weighted by Gasteiger charge is 2.17. The summed E-state index contributed by atoms with van der Waals surface area (Å²) in [6, 6.07) is 7.05. The van der Waals surface area contributed by atoms with Crippen LogP contribution in [0.5, 0.6) is 5.75 Å². The second kappa shape index (κ2) is 7.09. The highest BCUT2D eigenvalue weighted by Crippen LogP contribution is 2.22. The number of amides is 1. The van der Waals surface area contributed by atoms with Crippen LogP contribution in [0.4, 0.5) is 0 Å². The van der Waals surface area contributed by atoms with Gasteiger partial charge in [-0.05, 0) is 26.0 Å². The van der Waals surface area contributed by atoms with Crippen LogP contribution in [0, 0.1) is 13.8 Å². The molecule has 0 spiro atoms. The number of para-hydroxylation sites is 1. The molecular formula is C16H20N2O4. The van der Waals surface area contributed by atoms with Crippen LogP contribution in [0.25, 0.3) is 0 Å². The minimum absolute atomic E-state index is 0.0790. The maximum Gasteiger partial charge on any atom is 0.257 e. The van der Waals surface area contributed by atoms with Crippen LogP contribution in [0.1, 0.15) is 27.4 Å². The number of aryl methyl sites for hydroxylation is 2. The van der Waals surface area contributed by atoms with Gasteiger partial charge in [0.2, 0.25) is 0 Å². The van der Waals surface area contributed by atoms with Gasteiger partial charge in [0.05, 0.1) is 23.4 Å². The number of likely N-dealkylation sites (N-methyl/N-ethyl adjacent to an activating group) is 1. The van der Waals surface area contributed by atoms with E-state index in [0.29, 0.717) is 17.1 Å². The fourth-order valence-corrected chi connectivity index (χ4v) is 2.08. The van der Waals surface area contributed by atoms with Gasteiger partial charge in [-0.25, -0.2) is 0 Å². The van der Waals surface area contributed by atoms with Gasteiger partial charge in [-0.3, -0.25) is 4.79 Å². The second-order valence-corrected chi connectivity index (χ2v) is 5.04. The van der Waals surface area contributed by atoms with Crippen LogP contribution in [-0.2, 0) is 6.61 Å². The molecule has 1 aromatic heterocycles. The Bertz CT molecular complexity index is 632. The Morgan fingerprint density at radius 3 is 2.73 bits per heavy atom. The Morgan fingerprint density at radius 2 is 2.09 bits per heavy atom. The fraction of sp³-hybridized carbons (Fsp3) is 0.375. The molecule has 1 N–H and O–H groups in total. The summed E-state index contributed by atoms with van der Waals surface area (Å²) >= 11 is 0. The maximum atomic E-state index is 12.4. The lowest BCUT2D eigenvalue weighted by Crippen LogP contribution is -2.29. The van der Waals surface area contributed by atoms with E-state index in [1.165, 1.54) is 4.90 Å². The van der Waals surface area contributed by atoms with Gasteiger partial charge >= 0.3 is 0 Å². The van der Waals surface area contributed by atoms with Crippen LogP contribution in [0.3, 0.4) is 0 Å². The molecule has 0 atom stereocenters. The van der Waals surface area contributed by atoms with E-state index in [1.54, 1.807) is 25.2 Å². The van der Waals surface area contributed by atoms with Crippen LogP contribution in [0.2, 0.25) is 0 Å². The zero-order valence-electron chi connectivity index (χ0n) is 13.0. The third-order valence-electron chi connectivity index (χ3n) is 3.45. The number of ether oxygens (including phenoxy) is 1. The topological polar surface area (TPSA) is 75.8 Å². The van der Waals surface area contributed by atoms with E-state index in [-0.39, 0.29) is 25.7 Å². The highest BCUT2D eigenvalue weighted by atomic mass is 16.5. The Labute approximate surface area is 129 Å². The average molecular weight is 304 g/mol. The van der Waals surface area contributed by atoms with Crippen molar-refractivity contribution in [2.24, 2.45) is 0 Å². The molecule has 0 saturated carbocycles. The minimum atomic E-state index is -0.191. The molecule has 0 aliphatic rings. The van der Waals surface area contributed by atoms with Gasteiger partial charge in [0.25, 0.3) is 5.91 Å². The Hall–Kier alpha value is -2.34. The predicted molar refractivity (Wildman–Crippen MR) is 80.8 cm³/mol. The van der Waals surface area contributed by atoms with E-state index in [2.05, 4.69) is 5.16 Å². The molecular weight excluding hydrogens is 284 g/mol. The van der Waals surface area contributed by atoms with Gasteiger partial charge in [0, 0.05) is 13.6 Å². The number of aromatic nitrogens is 1. The smallest absolute Gasteiger partial charge is 0.257 e. The molecule has 22 heavy (non-hydrogen) atoms. The van der Waals surface area contributed by atoms with E-state index in [9.17, 15) is 4.79 Å². The van der Waals surface area contributed by atoms with Gasteiger partial charge in [0.1, 0.15) is 18.1 Å². The second-order valence-electron chi connectivity index (χ2n) is 5.04. The predicted octanol–water partition coefficient (Wildman–Crippen LogP) is 1.93. The molecule has 0 aliphatic carbocycles. The lowest BCUT2D eigenvalue weighted by molar-refractivity contribution is 0.0762. The van der Waals surface area contributed by atoms with Crippen LogP contribution < -0.4 is 4.74 Å². The zero-order chi connectivity index (χ0) is 16.1. The van der Waals surface area contributed by atoms with Gasteiger partial charge in [-0.1, -0.05) is 17.3 Å². The molecule has 1 amide bonds. The standard InChI is InChI=1S/C16H20N2O4/c1-11-14(12(2)22-17-11)10-21-15-7-5-4-6-13(15)16(20)18(3)8-9-19/h4-7,19H,8-10H2,1-3H3. The van der Waals surface area contributed by atoms with Crippen LogP contribution in [-0.4, -0.2) is 41.3 Å². The summed E-state index contributed by atoms with van der Waals surface area (Å²) in [6.45, 7) is 4.16. The lowest BCUT2D eigenvalue weighted by Gasteiger charge is -2.18. The number of rotatable bonds is 6. The normalized spacial score (nSPS) is 10.5. The third kappa shape index (κ3) is 3.46. The number of carbonyl (C=O) groups is 1. The molecule has 2 aromatic rings. The van der Waals surface area contributed by atoms with Crippen LogP contribution >= 0.6 is 0 Å². The molecule has 6 heteroatoms. The summed E-state index contributed by atoms with van der Waals surface area (Å²) in [5.41, 5.74) is 2.12. The van der Waals surface area contributed by atoms with E-state index in [1.807, 2.05) is 19.9 Å². The summed E-state index contributed by atoms with van der Waals surface area (Å²) in [5.74, 6) is 1.01. The molecule has 2 rings (SSSR count). The summed E-state index contributed by atoms with van der Waals surface area (Å²) in [4.78, 5) is 13.8. The number of hydrogen-bond donors (Lipinski definition) is 1. The molecule has 1 heterocycles. The van der Waals surface area contributed by atoms with Crippen molar-refractivity contribution >= 4 is 5.91 Å². The third-order valence-corrected chi connectivity index (χ3v) is 3.45.